The highest BCUT2D eigenvalue weighted by molar-refractivity contribution is 4.98. The van der Waals surface area contributed by atoms with E-state index in [0.29, 0.717) is 0 Å². The quantitative estimate of drug-likeness (QED) is 0.732. The Balaban J connectivity index is 2.00. The van der Waals surface area contributed by atoms with Crippen LogP contribution in [-0.4, -0.2) is 43.0 Å². The van der Waals surface area contributed by atoms with Gasteiger partial charge in [0, 0.05) is 5.54 Å². The number of hydrogen-bond donors (Lipinski definition) is 1. The van der Waals surface area contributed by atoms with Gasteiger partial charge in [0.25, 0.3) is 6.43 Å². The Kier molecular flexibility index (Phi) is 3.02. The van der Waals surface area contributed by atoms with E-state index < -0.39 is 6.43 Å². The second-order valence-corrected chi connectivity index (χ2v) is 4.41. The summed E-state index contributed by atoms with van der Waals surface area (Å²) in [7, 11) is 0. The molecule has 0 aliphatic carbocycles. The van der Waals surface area contributed by atoms with Crippen LogP contribution < -0.4 is 5.32 Å². The highest BCUT2D eigenvalue weighted by Crippen LogP contribution is 2.36. The lowest BCUT2D eigenvalue weighted by molar-refractivity contribution is 0.0295. The first-order chi connectivity index (χ1) is 6.73. The summed E-state index contributed by atoms with van der Waals surface area (Å²) < 4.78 is 24.7. The minimum absolute atomic E-state index is 0.0278. The number of alkyl halides is 2. The first-order valence-electron chi connectivity index (χ1n) is 5.47. The molecule has 1 N–H and O–H groups in total. The van der Waals surface area contributed by atoms with E-state index in [4.69, 9.17) is 0 Å². The molecule has 2 nitrogen and oxygen atoms in total. The predicted octanol–water partition coefficient (Wildman–Crippen LogP) is 1.47. The molecule has 0 aromatic heterocycles. The lowest BCUT2D eigenvalue weighted by Crippen LogP contribution is -2.52. The van der Waals surface area contributed by atoms with Crippen molar-refractivity contribution in [3.63, 3.8) is 0 Å². The number of nitrogens with one attached hydrogen (secondary N) is 1. The van der Waals surface area contributed by atoms with Crippen molar-refractivity contribution in [1.82, 2.24) is 10.2 Å². The number of rotatable bonds is 2. The first-order valence-corrected chi connectivity index (χ1v) is 5.47. The summed E-state index contributed by atoms with van der Waals surface area (Å²) in [5.74, 6) is 0. The number of piperidine rings is 1. The van der Waals surface area contributed by atoms with Crippen molar-refractivity contribution >= 4 is 0 Å². The van der Waals surface area contributed by atoms with Crippen LogP contribution in [0.2, 0.25) is 0 Å². The lowest BCUT2D eigenvalue weighted by atomic mass is 9.86. The van der Waals surface area contributed by atoms with Crippen LogP contribution in [0.25, 0.3) is 0 Å². The highest BCUT2D eigenvalue weighted by Gasteiger charge is 2.42. The van der Waals surface area contributed by atoms with Gasteiger partial charge in [-0.1, -0.05) is 0 Å². The van der Waals surface area contributed by atoms with Crippen LogP contribution in [-0.2, 0) is 0 Å². The molecule has 2 heterocycles. The van der Waals surface area contributed by atoms with Gasteiger partial charge in [0.1, 0.15) is 0 Å². The maximum absolute atomic E-state index is 12.4. The molecule has 0 saturated carbocycles. The van der Waals surface area contributed by atoms with Crippen molar-refractivity contribution in [1.29, 1.82) is 0 Å². The monoisotopic (exact) mass is 204 g/mol. The van der Waals surface area contributed by atoms with Crippen LogP contribution in [0.15, 0.2) is 0 Å². The van der Waals surface area contributed by atoms with Crippen LogP contribution in [0.4, 0.5) is 8.78 Å². The SMILES string of the molecule is FC(F)CN1CCCC12CCNCC2. The average molecular weight is 204 g/mol. The average Bonchev–Trinajstić information content (AvgIpc) is 2.50. The molecule has 0 aromatic carbocycles. The van der Waals surface area contributed by atoms with Gasteiger partial charge in [-0.3, -0.25) is 4.90 Å². The minimum Gasteiger partial charge on any atom is -0.317 e. The van der Waals surface area contributed by atoms with E-state index in [-0.39, 0.29) is 12.1 Å². The zero-order valence-electron chi connectivity index (χ0n) is 8.44. The van der Waals surface area contributed by atoms with Gasteiger partial charge in [0.15, 0.2) is 0 Å². The Morgan fingerprint density at radius 2 is 1.93 bits per heavy atom. The molecule has 4 heteroatoms. The number of halogens is 2. The molecule has 0 radical (unpaired) electrons. The Morgan fingerprint density at radius 1 is 1.21 bits per heavy atom. The van der Waals surface area contributed by atoms with E-state index in [9.17, 15) is 8.78 Å². The fourth-order valence-corrected chi connectivity index (χ4v) is 2.90. The topological polar surface area (TPSA) is 15.3 Å². The van der Waals surface area contributed by atoms with E-state index in [1.165, 1.54) is 0 Å². The zero-order valence-corrected chi connectivity index (χ0v) is 8.44. The molecule has 14 heavy (non-hydrogen) atoms. The molecule has 0 amide bonds. The van der Waals surface area contributed by atoms with Crippen LogP contribution >= 0.6 is 0 Å². The normalized spacial score (nSPS) is 27.6. The smallest absolute Gasteiger partial charge is 0.251 e. The van der Waals surface area contributed by atoms with Gasteiger partial charge in [0.05, 0.1) is 6.54 Å². The van der Waals surface area contributed by atoms with E-state index in [1.807, 2.05) is 4.90 Å². The van der Waals surface area contributed by atoms with Gasteiger partial charge in [-0.15, -0.1) is 0 Å². The standard InChI is InChI=1S/C10H18F2N2/c11-9(12)8-14-7-1-2-10(14)3-5-13-6-4-10/h9,13H,1-8H2. The van der Waals surface area contributed by atoms with Crippen LogP contribution in [0.3, 0.4) is 0 Å². The summed E-state index contributed by atoms with van der Waals surface area (Å²) in [5, 5.41) is 3.30. The second-order valence-electron chi connectivity index (χ2n) is 4.41. The van der Waals surface area contributed by atoms with Gasteiger partial charge in [-0.05, 0) is 45.3 Å². The van der Waals surface area contributed by atoms with Crippen LogP contribution in [0.1, 0.15) is 25.7 Å². The Labute approximate surface area is 83.7 Å². The maximum atomic E-state index is 12.4. The summed E-state index contributed by atoms with van der Waals surface area (Å²) in [6.07, 6.45) is 2.10. The van der Waals surface area contributed by atoms with E-state index in [0.717, 1.165) is 45.3 Å². The van der Waals surface area contributed by atoms with Gasteiger partial charge >= 0.3 is 0 Å². The molecule has 0 atom stereocenters. The highest BCUT2D eigenvalue weighted by atomic mass is 19.3. The van der Waals surface area contributed by atoms with Crippen molar-refractivity contribution in [2.45, 2.75) is 37.6 Å². The van der Waals surface area contributed by atoms with Crippen molar-refractivity contribution in [2.24, 2.45) is 0 Å². The second kappa shape index (κ2) is 4.11. The van der Waals surface area contributed by atoms with Crippen LogP contribution in [0.5, 0.6) is 0 Å². The zero-order chi connectivity index (χ0) is 10.0. The third-order valence-corrected chi connectivity index (χ3v) is 3.63. The molecule has 0 unspecified atom stereocenters. The summed E-state index contributed by atoms with van der Waals surface area (Å²) in [4.78, 5) is 2.03. The molecule has 82 valence electrons. The van der Waals surface area contributed by atoms with Gasteiger partial charge < -0.3 is 5.32 Å². The van der Waals surface area contributed by atoms with Gasteiger partial charge in [0.2, 0.25) is 0 Å². The molecular weight excluding hydrogens is 186 g/mol. The molecule has 2 saturated heterocycles. The number of nitrogens with zero attached hydrogens (tertiary/aromatic N) is 1. The summed E-state index contributed by atoms with van der Waals surface area (Å²) in [6, 6.07) is 0. The Hall–Kier alpha value is -0.220. The molecule has 1 spiro atoms. The molecule has 2 fully saturated rings. The fourth-order valence-electron chi connectivity index (χ4n) is 2.90. The molecule has 2 aliphatic rings. The van der Waals surface area contributed by atoms with E-state index in [2.05, 4.69) is 5.32 Å². The third kappa shape index (κ3) is 1.91. The summed E-state index contributed by atoms with van der Waals surface area (Å²) in [6.45, 7) is 2.81. The van der Waals surface area contributed by atoms with Crippen LogP contribution in [0, 0.1) is 0 Å². The van der Waals surface area contributed by atoms with Gasteiger partial charge in [-0.2, -0.15) is 0 Å². The predicted molar refractivity (Wildman–Crippen MR) is 51.6 cm³/mol. The van der Waals surface area contributed by atoms with Crippen molar-refractivity contribution in [2.75, 3.05) is 26.2 Å². The Morgan fingerprint density at radius 3 is 2.57 bits per heavy atom. The fraction of sp³-hybridized carbons (Fsp3) is 1.00. The molecule has 0 bridgehead atoms. The number of hydrogen-bond acceptors (Lipinski definition) is 2. The Bertz CT molecular complexity index is 191. The summed E-state index contributed by atoms with van der Waals surface area (Å²) in [5.41, 5.74) is 0.113. The van der Waals surface area contributed by atoms with E-state index in [1.54, 1.807) is 0 Å². The molecule has 0 aromatic rings. The molecule has 2 rings (SSSR count). The van der Waals surface area contributed by atoms with Crippen molar-refractivity contribution in [3.05, 3.63) is 0 Å². The third-order valence-electron chi connectivity index (χ3n) is 3.63. The number of likely N-dealkylation sites (tertiary alicyclic amines) is 1. The maximum Gasteiger partial charge on any atom is 0.251 e. The van der Waals surface area contributed by atoms with Gasteiger partial charge in [-0.25, -0.2) is 8.78 Å². The molecule has 2 aliphatic heterocycles. The first kappa shape index (κ1) is 10.3. The minimum atomic E-state index is -2.18. The van der Waals surface area contributed by atoms with E-state index >= 15 is 0 Å². The van der Waals surface area contributed by atoms with Crippen molar-refractivity contribution in [3.8, 4) is 0 Å². The largest absolute Gasteiger partial charge is 0.317 e. The summed E-state index contributed by atoms with van der Waals surface area (Å²) >= 11 is 0. The lowest BCUT2D eigenvalue weighted by Gasteiger charge is -2.41. The molecular formula is C10H18F2N2. The van der Waals surface area contributed by atoms with Crippen molar-refractivity contribution < 1.29 is 8.78 Å².